The summed E-state index contributed by atoms with van der Waals surface area (Å²) in [6, 6.07) is 8.96. The van der Waals surface area contributed by atoms with Gasteiger partial charge in [-0.05, 0) is 43.7 Å². The zero-order valence-corrected chi connectivity index (χ0v) is 12.5. The minimum atomic E-state index is 0.418. The molecule has 106 valence electrons. The maximum Gasteiger partial charge on any atom is 0.124 e. The first-order valence-electron chi connectivity index (χ1n) is 7.66. The lowest BCUT2D eigenvalue weighted by Crippen LogP contribution is -2.29. The Labute approximate surface area is 117 Å². The van der Waals surface area contributed by atoms with Gasteiger partial charge in [-0.2, -0.15) is 0 Å². The van der Waals surface area contributed by atoms with Crippen LogP contribution in [0.5, 0.6) is 5.75 Å². The number of ether oxygens (including phenoxy) is 1. The van der Waals surface area contributed by atoms with Crippen molar-refractivity contribution in [3.8, 4) is 5.75 Å². The second-order valence-corrected chi connectivity index (χ2v) is 5.93. The molecular formula is C17H27NO. The highest BCUT2D eigenvalue weighted by Gasteiger charge is 2.46. The molecule has 1 aromatic carbocycles. The third-order valence-electron chi connectivity index (χ3n) is 4.03. The molecule has 0 aromatic heterocycles. The van der Waals surface area contributed by atoms with E-state index in [0.29, 0.717) is 11.5 Å². The van der Waals surface area contributed by atoms with Gasteiger partial charge >= 0.3 is 0 Å². The van der Waals surface area contributed by atoms with E-state index in [1.54, 1.807) is 0 Å². The number of benzene rings is 1. The third-order valence-corrected chi connectivity index (χ3v) is 4.03. The molecule has 0 radical (unpaired) electrons. The molecule has 1 N–H and O–H groups in total. The first kappa shape index (κ1) is 14.4. The monoisotopic (exact) mass is 261 g/mol. The minimum absolute atomic E-state index is 0.418. The maximum absolute atomic E-state index is 5.93. The van der Waals surface area contributed by atoms with E-state index in [4.69, 9.17) is 4.74 Å². The number of hydrogen-bond donors (Lipinski definition) is 1. The summed E-state index contributed by atoms with van der Waals surface area (Å²) in [4.78, 5) is 0. The van der Waals surface area contributed by atoms with Crippen molar-refractivity contribution in [2.45, 2.75) is 52.5 Å². The van der Waals surface area contributed by atoms with Crippen molar-refractivity contribution in [2.75, 3.05) is 13.2 Å². The first-order chi connectivity index (χ1) is 9.21. The van der Waals surface area contributed by atoms with Gasteiger partial charge in [0.25, 0.3) is 0 Å². The zero-order chi connectivity index (χ0) is 13.7. The predicted octanol–water partition coefficient (Wildman–Crippen LogP) is 4.32. The van der Waals surface area contributed by atoms with Crippen LogP contribution in [0.15, 0.2) is 24.3 Å². The normalized spacial score (nSPS) is 18.1. The van der Waals surface area contributed by atoms with Crippen molar-refractivity contribution in [3.63, 3.8) is 0 Å². The van der Waals surface area contributed by atoms with Crippen molar-refractivity contribution < 1.29 is 4.74 Å². The number of para-hydroxylation sites is 1. The Hall–Kier alpha value is -1.02. The van der Waals surface area contributed by atoms with Gasteiger partial charge < -0.3 is 10.1 Å². The average Bonchev–Trinajstić information content (AvgIpc) is 3.17. The number of hydrogen-bond acceptors (Lipinski definition) is 2. The summed E-state index contributed by atoms with van der Waals surface area (Å²) in [5, 5.41) is 3.72. The molecule has 1 aliphatic rings. The molecule has 0 bridgehead atoms. The fourth-order valence-electron chi connectivity index (χ4n) is 2.57. The van der Waals surface area contributed by atoms with Crippen molar-refractivity contribution >= 4 is 0 Å². The summed E-state index contributed by atoms with van der Waals surface area (Å²) < 4.78 is 5.93. The summed E-state index contributed by atoms with van der Waals surface area (Å²) in [6.07, 6.45) is 4.86. The van der Waals surface area contributed by atoms with Crippen LogP contribution in [0.4, 0.5) is 0 Å². The minimum Gasteiger partial charge on any atom is -0.493 e. The van der Waals surface area contributed by atoms with Crippen LogP contribution >= 0.6 is 0 Å². The van der Waals surface area contributed by atoms with Crippen LogP contribution in [-0.2, 0) is 0 Å². The van der Waals surface area contributed by atoms with Crippen LogP contribution in [0.25, 0.3) is 0 Å². The average molecular weight is 261 g/mol. The molecule has 1 aliphatic carbocycles. The molecule has 0 aliphatic heterocycles. The summed E-state index contributed by atoms with van der Waals surface area (Å²) in [5.41, 5.74) is 1.75. The van der Waals surface area contributed by atoms with Gasteiger partial charge in [0.1, 0.15) is 5.75 Å². The molecule has 2 heteroatoms. The Morgan fingerprint density at radius 1 is 1.21 bits per heavy atom. The van der Waals surface area contributed by atoms with Gasteiger partial charge in [0.05, 0.1) is 6.61 Å². The molecule has 0 spiro atoms. The zero-order valence-electron chi connectivity index (χ0n) is 12.5. The molecule has 1 atom stereocenters. The topological polar surface area (TPSA) is 21.3 Å². The second kappa shape index (κ2) is 6.42. The van der Waals surface area contributed by atoms with E-state index in [9.17, 15) is 0 Å². The van der Waals surface area contributed by atoms with Crippen LogP contribution < -0.4 is 10.1 Å². The van der Waals surface area contributed by atoms with Gasteiger partial charge in [-0.3, -0.25) is 0 Å². The lowest BCUT2D eigenvalue weighted by atomic mass is 9.91. The van der Waals surface area contributed by atoms with Crippen LogP contribution in [0.2, 0.25) is 0 Å². The van der Waals surface area contributed by atoms with E-state index in [1.807, 2.05) is 0 Å². The molecule has 0 saturated heterocycles. The summed E-state index contributed by atoms with van der Waals surface area (Å²) >= 11 is 0. The molecule has 19 heavy (non-hydrogen) atoms. The Morgan fingerprint density at radius 3 is 2.58 bits per heavy atom. The smallest absolute Gasteiger partial charge is 0.124 e. The van der Waals surface area contributed by atoms with Gasteiger partial charge in [0.2, 0.25) is 0 Å². The second-order valence-electron chi connectivity index (χ2n) is 5.93. The molecule has 0 heterocycles. The van der Waals surface area contributed by atoms with E-state index in [0.717, 1.165) is 25.3 Å². The molecule has 2 rings (SSSR count). The highest BCUT2D eigenvalue weighted by molar-refractivity contribution is 5.38. The van der Waals surface area contributed by atoms with E-state index in [2.05, 4.69) is 50.4 Å². The van der Waals surface area contributed by atoms with Crippen LogP contribution in [0.3, 0.4) is 0 Å². The SMILES string of the molecule is CCCNC(c1ccccc1OCCC)C1(C)CC1. The molecular weight excluding hydrogens is 234 g/mol. The summed E-state index contributed by atoms with van der Waals surface area (Å²) in [6.45, 7) is 8.63. The van der Waals surface area contributed by atoms with Crippen molar-refractivity contribution in [3.05, 3.63) is 29.8 Å². The highest BCUT2D eigenvalue weighted by Crippen LogP contribution is 2.55. The Balaban J connectivity index is 2.20. The number of nitrogens with one attached hydrogen (secondary N) is 1. The largest absolute Gasteiger partial charge is 0.493 e. The highest BCUT2D eigenvalue weighted by atomic mass is 16.5. The third kappa shape index (κ3) is 3.50. The van der Waals surface area contributed by atoms with Gasteiger partial charge in [-0.15, -0.1) is 0 Å². The molecule has 1 unspecified atom stereocenters. The maximum atomic E-state index is 5.93. The lowest BCUT2D eigenvalue weighted by Gasteiger charge is -2.27. The van der Waals surface area contributed by atoms with Crippen molar-refractivity contribution in [1.29, 1.82) is 0 Å². The molecule has 1 saturated carbocycles. The summed E-state index contributed by atoms with van der Waals surface area (Å²) in [5.74, 6) is 1.06. The van der Waals surface area contributed by atoms with Gasteiger partial charge in [0.15, 0.2) is 0 Å². The molecule has 2 nitrogen and oxygen atoms in total. The molecule has 1 aromatic rings. The lowest BCUT2D eigenvalue weighted by molar-refractivity contribution is 0.297. The standard InChI is InChI=1S/C17H27NO/c1-4-12-18-16(17(3)10-11-17)14-8-6-7-9-15(14)19-13-5-2/h6-9,16,18H,4-5,10-13H2,1-3H3. The fraction of sp³-hybridized carbons (Fsp3) is 0.647. The van der Waals surface area contributed by atoms with Crippen molar-refractivity contribution in [2.24, 2.45) is 5.41 Å². The van der Waals surface area contributed by atoms with Gasteiger partial charge in [-0.1, -0.05) is 39.0 Å². The van der Waals surface area contributed by atoms with E-state index in [-0.39, 0.29) is 0 Å². The molecule has 0 amide bonds. The van der Waals surface area contributed by atoms with Crippen LogP contribution in [0, 0.1) is 5.41 Å². The van der Waals surface area contributed by atoms with E-state index < -0.39 is 0 Å². The Bertz CT molecular complexity index is 398. The first-order valence-corrected chi connectivity index (χ1v) is 7.66. The Morgan fingerprint density at radius 2 is 1.95 bits per heavy atom. The van der Waals surface area contributed by atoms with E-state index >= 15 is 0 Å². The summed E-state index contributed by atoms with van der Waals surface area (Å²) in [7, 11) is 0. The predicted molar refractivity (Wildman–Crippen MR) is 80.6 cm³/mol. The van der Waals surface area contributed by atoms with Gasteiger partial charge in [-0.25, -0.2) is 0 Å². The van der Waals surface area contributed by atoms with E-state index in [1.165, 1.54) is 24.8 Å². The Kier molecular flexibility index (Phi) is 4.87. The fourth-order valence-corrected chi connectivity index (χ4v) is 2.57. The van der Waals surface area contributed by atoms with Gasteiger partial charge in [0, 0.05) is 11.6 Å². The molecule has 1 fully saturated rings. The number of rotatable bonds is 8. The van der Waals surface area contributed by atoms with Crippen LogP contribution in [-0.4, -0.2) is 13.2 Å². The quantitative estimate of drug-likeness (QED) is 0.752. The van der Waals surface area contributed by atoms with Crippen molar-refractivity contribution in [1.82, 2.24) is 5.32 Å². The van der Waals surface area contributed by atoms with Crippen LogP contribution in [0.1, 0.15) is 58.1 Å².